The molecule has 1 unspecified atom stereocenters. The molecule has 1 aromatic carbocycles. The van der Waals surface area contributed by atoms with Crippen LogP contribution < -0.4 is 10.6 Å². The summed E-state index contributed by atoms with van der Waals surface area (Å²) in [5, 5.41) is 9.79. The summed E-state index contributed by atoms with van der Waals surface area (Å²) in [6.07, 6.45) is -0.0162. The summed E-state index contributed by atoms with van der Waals surface area (Å²) < 4.78 is 5.60. The molecule has 1 aromatic heterocycles. The van der Waals surface area contributed by atoms with Crippen LogP contribution in [0.2, 0.25) is 0 Å². The highest BCUT2D eigenvalue weighted by atomic mass is 32.1. The van der Waals surface area contributed by atoms with Gasteiger partial charge in [0.2, 0.25) is 0 Å². The van der Waals surface area contributed by atoms with Crippen LogP contribution in [0.25, 0.3) is 0 Å². The number of hydrogen-bond acceptors (Lipinski definition) is 4. The lowest BCUT2D eigenvalue weighted by Crippen LogP contribution is -2.39. The molecule has 6 heteroatoms. The van der Waals surface area contributed by atoms with Crippen molar-refractivity contribution < 1.29 is 4.74 Å². The first kappa shape index (κ1) is 19.4. The van der Waals surface area contributed by atoms with E-state index < -0.39 is 0 Å². The van der Waals surface area contributed by atoms with Crippen LogP contribution in [-0.2, 0) is 11.3 Å². The zero-order valence-corrected chi connectivity index (χ0v) is 16.3. The number of aliphatic imine (C=N–C) groups is 1. The van der Waals surface area contributed by atoms with Crippen molar-refractivity contribution in [1.82, 2.24) is 15.6 Å². The number of rotatable bonds is 8. The number of thiazole rings is 1. The van der Waals surface area contributed by atoms with E-state index in [0.717, 1.165) is 28.8 Å². The molecule has 1 atom stereocenters. The van der Waals surface area contributed by atoms with E-state index in [9.17, 15) is 0 Å². The molecule has 25 heavy (non-hydrogen) atoms. The molecule has 0 fully saturated rings. The average Bonchev–Trinajstić information content (AvgIpc) is 3.10. The second kappa shape index (κ2) is 10.2. The highest BCUT2D eigenvalue weighted by Crippen LogP contribution is 2.18. The van der Waals surface area contributed by atoms with Gasteiger partial charge in [0.1, 0.15) is 5.01 Å². The fourth-order valence-electron chi connectivity index (χ4n) is 2.35. The van der Waals surface area contributed by atoms with Crippen molar-refractivity contribution in [1.29, 1.82) is 0 Å². The fraction of sp³-hybridized carbons (Fsp3) is 0.474. The number of ether oxygens (including phenoxy) is 1. The summed E-state index contributed by atoms with van der Waals surface area (Å²) in [4.78, 5) is 9.28. The van der Waals surface area contributed by atoms with Gasteiger partial charge in [0.05, 0.1) is 18.3 Å². The molecular weight excluding hydrogens is 332 g/mol. The van der Waals surface area contributed by atoms with Gasteiger partial charge in [0, 0.05) is 25.6 Å². The maximum absolute atomic E-state index is 5.60. The van der Waals surface area contributed by atoms with Crippen LogP contribution in [0.4, 0.5) is 0 Å². The Morgan fingerprint density at radius 1 is 1.24 bits per heavy atom. The minimum absolute atomic E-state index is 0.0162. The molecular formula is C19H28N4OS. The summed E-state index contributed by atoms with van der Waals surface area (Å²) in [6.45, 7) is 8.41. The van der Waals surface area contributed by atoms with Crippen molar-refractivity contribution in [2.45, 2.75) is 39.3 Å². The van der Waals surface area contributed by atoms with Gasteiger partial charge in [-0.3, -0.25) is 0 Å². The van der Waals surface area contributed by atoms with Gasteiger partial charge in [-0.1, -0.05) is 44.2 Å². The molecule has 2 N–H and O–H groups in total. The number of hydrogen-bond donors (Lipinski definition) is 2. The van der Waals surface area contributed by atoms with Gasteiger partial charge in [-0.2, -0.15) is 0 Å². The lowest BCUT2D eigenvalue weighted by Gasteiger charge is -2.18. The van der Waals surface area contributed by atoms with Crippen molar-refractivity contribution in [3.05, 3.63) is 52.0 Å². The molecule has 0 amide bonds. The van der Waals surface area contributed by atoms with Crippen molar-refractivity contribution in [3.8, 4) is 0 Å². The van der Waals surface area contributed by atoms with Gasteiger partial charge >= 0.3 is 0 Å². The van der Waals surface area contributed by atoms with Crippen LogP contribution in [0.15, 0.2) is 40.7 Å². The lowest BCUT2D eigenvalue weighted by molar-refractivity contribution is 0.106. The maximum Gasteiger partial charge on any atom is 0.191 e. The molecule has 2 rings (SSSR count). The van der Waals surface area contributed by atoms with E-state index in [4.69, 9.17) is 4.74 Å². The van der Waals surface area contributed by atoms with E-state index in [1.54, 1.807) is 18.4 Å². The lowest BCUT2D eigenvalue weighted by atomic mass is 10.1. The van der Waals surface area contributed by atoms with Crippen LogP contribution in [0.1, 0.15) is 49.1 Å². The van der Waals surface area contributed by atoms with Gasteiger partial charge in [0.15, 0.2) is 5.96 Å². The molecule has 0 saturated carbocycles. The van der Waals surface area contributed by atoms with Crippen molar-refractivity contribution in [2.75, 3.05) is 20.2 Å². The predicted octanol–water partition coefficient (Wildman–Crippen LogP) is 3.71. The largest absolute Gasteiger partial charge is 0.375 e. The van der Waals surface area contributed by atoms with Gasteiger partial charge in [-0.25, -0.2) is 9.98 Å². The minimum atomic E-state index is -0.0162. The van der Waals surface area contributed by atoms with Gasteiger partial charge in [-0.15, -0.1) is 11.3 Å². The Bertz CT molecular complexity index is 654. The van der Waals surface area contributed by atoms with Crippen molar-refractivity contribution in [2.24, 2.45) is 4.99 Å². The third-order valence-electron chi connectivity index (χ3n) is 3.79. The molecule has 0 saturated heterocycles. The molecule has 0 bridgehead atoms. The van der Waals surface area contributed by atoms with Gasteiger partial charge < -0.3 is 15.4 Å². The third kappa shape index (κ3) is 6.14. The fourth-order valence-corrected chi connectivity index (χ4v) is 3.22. The van der Waals surface area contributed by atoms with E-state index in [1.807, 2.05) is 18.2 Å². The molecule has 0 aliphatic rings. The Labute approximate surface area is 154 Å². The van der Waals surface area contributed by atoms with Gasteiger partial charge in [-0.05, 0) is 18.4 Å². The first-order valence-corrected chi connectivity index (χ1v) is 9.56. The molecule has 0 spiro atoms. The summed E-state index contributed by atoms with van der Waals surface area (Å²) in [5.41, 5.74) is 2.28. The summed E-state index contributed by atoms with van der Waals surface area (Å²) >= 11 is 1.67. The first-order chi connectivity index (χ1) is 12.1. The Morgan fingerprint density at radius 2 is 2.00 bits per heavy atom. The normalized spacial score (nSPS) is 13.1. The van der Waals surface area contributed by atoms with Crippen LogP contribution in [0.3, 0.4) is 0 Å². The van der Waals surface area contributed by atoms with Gasteiger partial charge in [0.25, 0.3) is 0 Å². The predicted molar refractivity (Wildman–Crippen MR) is 105 cm³/mol. The monoisotopic (exact) mass is 360 g/mol. The molecule has 2 aromatic rings. The number of methoxy groups -OCH3 is 1. The third-order valence-corrected chi connectivity index (χ3v) is 4.64. The molecule has 5 nitrogen and oxygen atoms in total. The first-order valence-electron chi connectivity index (χ1n) is 8.68. The number of nitrogens with zero attached hydrogens (tertiary/aromatic N) is 2. The number of guanidine groups is 1. The quantitative estimate of drug-likeness (QED) is 0.556. The second-order valence-electron chi connectivity index (χ2n) is 6.03. The Kier molecular flexibility index (Phi) is 7.88. The van der Waals surface area contributed by atoms with Crippen LogP contribution in [-0.4, -0.2) is 31.1 Å². The second-order valence-corrected chi connectivity index (χ2v) is 6.97. The SMILES string of the molecule is CCNC(=NCc1nc(C(C)C)cs1)NCC(OC)c1ccccc1. The summed E-state index contributed by atoms with van der Waals surface area (Å²) in [5.74, 6) is 1.23. The van der Waals surface area contributed by atoms with E-state index in [1.165, 1.54) is 0 Å². The summed E-state index contributed by atoms with van der Waals surface area (Å²) in [6, 6.07) is 10.2. The smallest absolute Gasteiger partial charge is 0.191 e. The zero-order chi connectivity index (χ0) is 18.1. The highest BCUT2D eigenvalue weighted by Gasteiger charge is 2.11. The standard InChI is InChI=1S/C19H28N4OS/c1-5-20-19(22-12-18-23-16(13-25-18)14(2)3)21-11-17(24-4)15-9-7-6-8-10-15/h6-10,13-14,17H,5,11-12H2,1-4H3,(H2,20,21,22). The van der Waals surface area contributed by atoms with E-state index in [-0.39, 0.29) is 6.10 Å². The topological polar surface area (TPSA) is 58.5 Å². The van der Waals surface area contributed by atoms with Crippen molar-refractivity contribution in [3.63, 3.8) is 0 Å². The number of benzene rings is 1. The molecule has 0 radical (unpaired) electrons. The van der Waals surface area contributed by atoms with Crippen LogP contribution in [0, 0.1) is 0 Å². The minimum Gasteiger partial charge on any atom is -0.375 e. The van der Waals surface area contributed by atoms with Crippen LogP contribution >= 0.6 is 11.3 Å². The summed E-state index contributed by atoms with van der Waals surface area (Å²) in [7, 11) is 1.73. The molecule has 0 aliphatic carbocycles. The molecule has 136 valence electrons. The van der Waals surface area contributed by atoms with E-state index in [0.29, 0.717) is 19.0 Å². The highest BCUT2D eigenvalue weighted by molar-refractivity contribution is 7.09. The average molecular weight is 361 g/mol. The Balaban J connectivity index is 1.96. The number of nitrogens with one attached hydrogen (secondary N) is 2. The maximum atomic E-state index is 5.60. The Morgan fingerprint density at radius 3 is 2.60 bits per heavy atom. The molecule has 1 heterocycles. The van der Waals surface area contributed by atoms with Crippen LogP contribution in [0.5, 0.6) is 0 Å². The molecule has 0 aliphatic heterocycles. The van der Waals surface area contributed by atoms with E-state index in [2.05, 4.69) is 58.9 Å². The Hall–Kier alpha value is -1.92. The van der Waals surface area contributed by atoms with E-state index >= 15 is 0 Å². The zero-order valence-electron chi connectivity index (χ0n) is 15.5. The van der Waals surface area contributed by atoms with Crippen molar-refractivity contribution >= 4 is 17.3 Å². The number of aromatic nitrogens is 1.